The molecule has 0 aliphatic heterocycles. The lowest BCUT2D eigenvalue weighted by atomic mass is 10.1. The topological polar surface area (TPSA) is 65.1 Å². The summed E-state index contributed by atoms with van der Waals surface area (Å²) in [5, 5.41) is 0. The van der Waals surface area contributed by atoms with Crippen LogP contribution < -0.4 is 12.9 Å². The van der Waals surface area contributed by atoms with Crippen molar-refractivity contribution >= 4 is 55.5 Å². The number of para-hydroxylation sites is 3. The normalized spacial score (nSPS) is 9.82. The van der Waals surface area contributed by atoms with Crippen LogP contribution in [0.4, 0.5) is 31.2 Å². The minimum atomic E-state index is 0. The van der Waals surface area contributed by atoms with E-state index in [1.807, 2.05) is 49.3 Å². The lowest BCUT2D eigenvalue weighted by Gasteiger charge is -2.20. The van der Waals surface area contributed by atoms with Crippen molar-refractivity contribution in [3.05, 3.63) is 89.5 Å². The van der Waals surface area contributed by atoms with Gasteiger partial charge in [-0.05, 0) is 54.2 Å². The van der Waals surface area contributed by atoms with Gasteiger partial charge in [-0.25, -0.2) is 0 Å². The molecule has 0 bridgehead atoms. The molecule has 294 valence electrons. The van der Waals surface area contributed by atoms with E-state index in [1.165, 1.54) is 16.7 Å². The molecule has 0 radical (unpaired) electrons. The maximum Gasteiger partial charge on any atom is 0.0648 e. The summed E-state index contributed by atoms with van der Waals surface area (Å²) < 4.78 is 36.1. The van der Waals surface area contributed by atoms with Gasteiger partial charge in [0.25, 0.3) is 0 Å². The van der Waals surface area contributed by atoms with Gasteiger partial charge >= 0.3 is 0 Å². The van der Waals surface area contributed by atoms with Crippen molar-refractivity contribution in [2.45, 2.75) is 19.3 Å². The van der Waals surface area contributed by atoms with Crippen molar-refractivity contribution < 1.29 is 42.5 Å². The Balaban J connectivity index is -0.000000658. The summed E-state index contributed by atoms with van der Waals surface area (Å²) in [6, 6.07) is 24.6. The van der Waals surface area contributed by atoms with Gasteiger partial charge in [0.1, 0.15) is 0 Å². The number of methoxy groups -OCH3 is 6. The standard InChI is InChI=1S/3C12H19NO2S.3FH/c3*1-14-9-7-11-5-3-4-6-12(11)13(16)8-10-15-2;;;/h3*3-6,16H,7-10H2,1-2H3;3*1H. The first-order valence-electron chi connectivity index (χ1n) is 15.9. The average Bonchev–Trinajstić information content (AvgIpc) is 3.13. The molecule has 51 heavy (non-hydrogen) atoms. The van der Waals surface area contributed by atoms with Crippen LogP contribution in [0, 0.1) is 0 Å². The molecule has 0 heterocycles. The Bertz CT molecular complexity index is 1080. The number of ether oxygens (including phenoxy) is 6. The third-order valence-electron chi connectivity index (χ3n) is 7.06. The predicted octanol–water partition coefficient (Wildman–Crippen LogP) is 6.98. The van der Waals surface area contributed by atoms with E-state index in [9.17, 15) is 0 Å². The third-order valence-corrected chi connectivity index (χ3v) is 8.30. The Morgan fingerprint density at radius 3 is 0.804 bits per heavy atom. The minimum Gasteiger partial charge on any atom is -0.384 e. The fraction of sp³-hybridized carbons (Fsp3) is 0.500. The van der Waals surface area contributed by atoms with Crippen molar-refractivity contribution in [3.8, 4) is 0 Å². The lowest BCUT2D eigenvalue weighted by Crippen LogP contribution is -2.18. The van der Waals surface area contributed by atoms with Crippen LogP contribution in [-0.2, 0) is 47.7 Å². The summed E-state index contributed by atoms with van der Waals surface area (Å²) in [4.78, 5) is 0. The van der Waals surface area contributed by atoms with Gasteiger partial charge in [0.2, 0.25) is 0 Å². The zero-order valence-electron chi connectivity index (χ0n) is 30.8. The largest absolute Gasteiger partial charge is 0.384 e. The van der Waals surface area contributed by atoms with Gasteiger partial charge in [0, 0.05) is 42.7 Å². The summed E-state index contributed by atoms with van der Waals surface area (Å²) in [6.07, 6.45) is 2.70. The summed E-state index contributed by atoms with van der Waals surface area (Å²) in [5.74, 6) is 0. The molecule has 0 atom stereocenters. The van der Waals surface area contributed by atoms with Crippen molar-refractivity contribution in [3.63, 3.8) is 0 Å². The number of anilines is 3. The van der Waals surface area contributed by atoms with Gasteiger partial charge < -0.3 is 41.3 Å². The van der Waals surface area contributed by atoms with Crippen molar-refractivity contribution in [1.29, 1.82) is 0 Å². The number of rotatable bonds is 21. The molecular formula is C36H60F3N3O6S3. The van der Waals surface area contributed by atoms with E-state index in [1.54, 1.807) is 42.7 Å². The van der Waals surface area contributed by atoms with Crippen LogP contribution in [0.1, 0.15) is 16.7 Å². The van der Waals surface area contributed by atoms with Gasteiger partial charge in [-0.2, -0.15) is 0 Å². The zero-order chi connectivity index (χ0) is 35.4. The molecule has 0 unspecified atom stereocenters. The Morgan fingerprint density at radius 1 is 0.373 bits per heavy atom. The first-order valence-corrected chi connectivity index (χ1v) is 17.1. The van der Waals surface area contributed by atoms with Gasteiger partial charge in [0.15, 0.2) is 0 Å². The van der Waals surface area contributed by atoms with Gasteiger partial charge in [-0.1, -0.05) is 93.0 Å². The van der Waals surface area contributed by atoms with Crippen molar-refractivity contribution in [2.24, 2.45) is 0 Å². The van der Waals surface area contributed by atoms with Crippen LogP contribution in [0.15, 0.2) is 72.8 Å². The average molecular weight is 784 g/mol. The molecule has 0 saturated heterocycles. The molecule has 0 aliphatic rings. The van der Waals surface area contributed by atoms with Crippen LogP contribution in [0.2, 0.25) is 0 Å². The molecule has 0 spiro atoms. The van der Waals surface area contributed by atoms with E-state index in [4.69, 9.17) is 28.4 Å². The second-order valence-corrected chi connectivity index (χ2v) is 11.9. The molecule has 3 rings (SSSR count). The highest BCUT2D eigenvalue weighted by Crippen LogP contribution is 2.24. The maximum atomic E-state index is 5.09. The molecule has 0 amide bonds. The fourth-order valence-electron chi connectivity index (χ4n) is 4.45. The number of hydrogen-bond donors (Lipinski definition) is 3. The second kappa shape index (κ2) is 34.7. The van der Waals surface area contributed by atoms with Crippen molar-refractivity contribution in [1.82, 2.24) is 0 Å². The van der Waals surface area contributed by atoms with E-state index in [2.05, 4.69) is 74.8 Å². The van der Waals surface area contributed by atoms with Crippen LogP contribution in [0.25, 0.3) is 0 Å². The molecular weight excluding hydrogens is 724 g/mol. The number of thiol groups is 3. The zero-order valence-corrected chi connectivity index (χ0v) is 33.5. The second-order valence-electron chi connectivity index (χ2n) is 10.5. The highest BCUT2D eigenvalue weighted by molar-refractivity contribution is 7.82. The van der Waals surface area contributed by atoms with E-state index in [0.29, 0.717) is 19.8 Å². The monoisotopic (exact) mass is 783 g/mol. The fourth-order valence-corrected chi connectivity index (χ4v) is 5.28. The third kappa shape index (κ3) is 22.4. The maximum absolute atomic E-state index is 5.09. The minimum absolute atomic E-state index is 0. The number of benzene rings is 3. The molecule has 15 heteroatoms. The van der Waals surface area contributed by atoms with Gasteiger partial charge in [-0.3, -0.25) is 14.1 Å². The Hall–Kier alpha value is -2.34. The molecule has 0 saturated carbocycles. The molecule has 3 aromatic rings. The quantitative estimate of drug-likeness (QED) is 0.0995. The predicted molar refractivity (Wildman–Crippen MR) is 218 cm³/mol. The SMILES string of the molecule is COCCc1ccccc1N(S)CCOC.COCCc1ccccc1N(S)CCOC.COCCc1ccccc1N(S)CCOC.F.F.F. The number of halogens is 3. The van der Waals surface area contributed by atoms with Crippen LogP contribution >= 0.6 is 38.4 Å². The lowest BCUT2D eigenvalue weighted by molar-refractivity contribution is 0.202. The van der Waals surface area contributed by atoms with E-state index >= 15 is 0 Å². The Morgan fingerprint density at radius 2 is 0.588 bits per heavy atom. The first kappa shape index (κ1) is 53.0. The Kier molecular flexibility index (Phi) is 36.1. The first-order chi connectivity index (χ1) is 23.4. The van der Waals surface area contributed by atoms with Crippen LogP contribution in [0.5, 0.6) is 0 Å². The van der Waals surface area contributed by atoms with Crippen LogP contribution in [-0.4, -0.2) is 102 Å². The van der Waals surface area contributed by atoms with Gasteiger partial charge in [0.05, 0.1) is 76.3 Å². The summed E-state index contributed by atoms with van der Waals surface area (Å²) in [5.41, 5.74) is 7.11. The van der Waals surface area contributed by atoms with E-state index in [-0.39, 0.29) is 14.1 Å². The molecule has 0 fully saturated rings. The molecule has 0 aromatic heterocycles. The van der Waals surface area contributed by atoms with Gasteiger partial charge in [-0.15, -0.1) is 0 Å². The highest BCUT2D eigenvalue weighted by Gasteiger charge is 2.09. The van der Waals surface area contributed by atoms with E-state index in [0.717, 1.165) is 75.8 Å². The smallest absolute Gasteiger partial charge is 0.0648 e. The summed E-state index contributed by atoms with van der Waals surface area (Å²) in [6.45, 7) is 6.48. The van der Waals surface area contributed by atoms with Crippen molar-refractivity contribution in [2.75, 3.05) is 115 Å². The van der Waals surface area contributed by atoms with E-state index < -0.39 is 0 Å². The van der Waals surface area contributed by atoms with Crippen LogP contribution in [0.3, 0.4) is 0 Å². The summed E-state index contributed by atoms with van der Waals surface area (Å²) in [7, 11) is 10.2. The molecule has 0 N–H and O–H groups in total. The highest BCUT2D eigenvalue weighted by atomic mass is 32.1. The molecule has 3 aromatic carbocycles. The molecule has 9 nitrogen and oxygen atoms in total. The number of hydrogen-bond acceptors (Lipinski definition) is 12. The Labute approximate surface area is 320 Å². The molecule has 0 aliphatic carbocycles. The number of nitrogens with zero attached hydrogens (tertiary/aromatic N) is 3. The summed E-state index contributed by atoms with van der Waals surface area (Å²) >= 11 is 13.4.